The van der Waals surface area contributed by atoms with E-state index in [9.17, 15) is 8.42 Å². The van der Waals surface area contributed by atoms with Crippen molar-refractivity contribution in [2.24, 2.45) is 0 Å². The molecule has 1 atom stereocenters. The third-order valence-electron chi connectivity index (χ3n) is 5.67. The Balaban J connectivity index is 1.68. The first kappa shape index (κ1) is 18.3. The smallest absolute Gasteiger partial charge is 0.243 e. The predicted octanol–water partition coefficient (Wildman–Crippen LogP) is 3.72. The van der Waals surface area contributed by atoms with Crippen LogP contribution in [0.3, 0.4) is 0 Å². The molecule has 0 saturated carbocycles. The SMILES string of the molecule is COc1ccc(C2CCCN2S(=O)(=O)c2ccc3c(c2)CCC3)cc1OC. The van der Waals surface area contributed by atoms with Crippen LogP contribution in [0.25, 0.3) is 0 Å². The maximum Gasteiger partial charge on any atom is 0.243 e. The van der Waals surface area contributed by atoms with E-state index in [1.165, 1.54) is 11.1 Å². The van der Waals surface area contributed by atoms with Gasteiger partial charge in [0.1, 0.15) is 0 Å². The molecule has 2 aromatic carbocycles. The van der Waals surface area contributed by atoms with Gasteiger partial charge in [-0.2, -0.15) is 4.31 Å². The molecule has 144 valence electrons. The number of fused-ring (bicyclic) bond motifs is 1. The molecule has 1 aliphatic heterocycles. The van der Waals surface area contributed by atoms with Crippen LogP contribution in [0.15, 0.2) is 41.3 Å². The standard InChI is InChI=1S/C21H25NO4S/c1-25-20-11-9-17(14-21(20)26-2)19-7-4-12-22(19)27(23,24)18-10-8-15-5-3-6-16(15)13-18/h8-11,13-14,19H,3-7,12H2,1-2H3. The molecular weight excluding hydrogens is 362 g/mol. The topological polar surface area (TPSA) is 55.8 Å². The van der Waals surface area contributed by atoms with E-state index < -0.39 is 10.0 Å². The van der Waals surface area contributed by atoms with E-state index in [1.807, 2.05) is 30.3 Å². The zero-order chi connectivity index (χ0) is 19.0. The quantitative estimate of drug-likeness (QED) is 0.785. The van der Waals surface area contributed by atoms with Crippen LogP contribution in [0, 0.1) is 0 Å². The fraction of sp³-hybridized carbons (Fsp3) is 0.429. The van der Waals surface area contributed by atoms with Crippen molar-refractivity contribution in [1.29, 1.82) is 0 Å². The minimum absolute atomic E-state index is 0.178. The van der Waals surface area contributed by atoms with E-state index in [4.69, 9.17) is 9.47 Å². The Bertz CT molecular complexity index is 955. The second-order valence-corrected chi connectivity index (χ2v) is 9.06. The molecule has 27 heavy (non-hydrogen) atoms. The molecule has 6 heteroatoms. The summed E-state index contributed by atoms with van der Waals surface area (Å²) >= 11 is 0. The van der Waals surface area contributed by atoms with Gasteiger partial charge in [0, 0.05) is 6.54 Å². The Labute approximate surface area is 161 Å². The van der Waals surface area contributed by atoms with Crippen LogP contribution in [0.4, 0.5) is 0 Å². The van der Waals surface area contributed by atoms with Gasteiger partial charge in [-0.05, 0) is 73.1 Å². The molecule has 1 aliphatic carbocycles. The van der Waals surface area contributed by atoms with Gasteiger partial charge in [0.25, 0.3) is 0 Å². The van der Waals surface area contributed by atoms with Crippen molar-refractivity contribution < 1.29 is 17.9 Å². The number of rotatable bonds is 5. The van der Waals surface area contributed by atoms with Gasteiger partial charge < -0.3 is 9.47 Å². The average molecular weight is 388 g/mol. The first-order valence-corrected chi connectivity index (χ1v) is 10.8. The van der Waals surface area contributed by atoms with E-state index in [0.29, 0.717) is 22.9 Å². The lowest BCUT2D eigenvalue weighted by Crippen LogP contribution is -2.30. The predicted molar refractivity (Wildman–Crippen MR) is 104 cm³/mol. The van der Waals surface area contributed by atoms with Gasteiger partial charge in [0.15, 0.2) is 11.5 Å². The highest BCUT2D eigenvalue weighted by Crippen LogP contribution is 2.40. The summed E-state index contributed by atoms with van der Waals surface area (Å²) in [5.74, 6) is 1.27. The molecule has 5 nitrogen and oxygen atoms in total. The number of aryl methyl sites for hydroxylation is 2. The Kier molecular flexibility index (Phi) is 4.86. The first-order valence-electron chi connectivity index (χ1n) is 9.40. The third-order valence-corrected chi connectivity index (χ3v) is 7.58. The van der Waals surface area contributed by atoms with E-state index in [-0.39, 0.29) is 6.04 Å². The Morgan fingerprint density at radius 3 is 2.48 bits per heavy atom. The molecule has 4 rings (SSSR count). The number of methoxy groups -OCH3 is 2. The normalized spacial score (nSPS) is 19.9. The van der Waals surface area contributed by atoms with Crippen LogP contribution in [0.1, 0.15) is 42.0 Å². The minimum atomic E-state index is -3.53. The van der Waals surface area contributed by atoms with Crippen LogP contribution >= 0.6 is 0 Å². The lowest BCUT2D eigenvalue weighted by Gasteiger charge is -2.25. The second kappa shape index (κ2) is 7.17. The molecule has 0 radical (unpaired) electrons. The molecule has 1 fully saturated rings. The van der Waals surface area contributed by atoms with Crippen molar-refractivity contribution in [2.75, 3.05) is 20.8 Å². The van der Waals surface area contributed by atoms with Gasteiger partial charge >= 0.3 is 0 Å². The van der Waals surface area contributed by atoms with Crippen molar-refractivity contribution >= 4 is 10.0 Å². The van der Waals surface area contributed by atoms with Crippen LogP contribution in [0.2, 0.25) is 0 Å². The van der Waals surface area contributed by atoms with Crippen molar-refractivity contribution in [3.05, 3.63) is 53.1 Å². The highest BCUT2D eigenvalue weighted by molar-refractivity contribution is 7.89. The Morgan fingerprint density at radius 2 is 1.70 bits per heavy atom. The minimum Gasteiger partial charge on any atom is -0.493 e. The zero-order valence-electron chi connectivity index (χ0n) is 15.8. The number of benzene rings is 2. The van der Waals surface area contributed by atoms with Gasteiger partial charge in [-0.15, -0.1) is 0 Å². The first-order chi connectivity index (χ1) is 13.0. The van der Waals surface area contributed by atoms with Crippen LogP contribution in [-0.2, 0) is 22.9 Å². The second-order valence-electron chi connectivity index (χ2n) is 7.17. The maximum atomic E-state index is 13.4. The van der Waals surface area contributed by atoms with Crippen LogP contribution in [-0.4, -0.2) is 33.5 Å². The molecule has 0 amide bonds. The molecule has 0 spiro atoms. The number of nitrogens with zero attached hydrogens (tertiary/aromatic N) is 1. The molecule has 1 saturated heterocycles. The zero-order valence-corrected chi connectivity index (χ0v) is 16.6. The summed E-state index contributed by atoms with van der Waals surface area (Å²) in [4.78, 5) is 0.413. The number of sulfonamides is 1. The fourth-order valence-electron chi connectivity index (χ4n) is 4.27. The van der Waals surface area contributed by atoms with Crippen molar-refractivity contribution in [2.45, 2.75) is 43.0 Å². The van der Waals surface area contributed by atoms with Crippen molar-refractivity contribution in [1.82, 2.24) is 4.31 Å². The summed E-state index contributed by atoms with van der Waals surface area (Å²) < 4.78 is 39.1. The third kappa shape index (κ3) is 3.21. The van der Waals surface area contributed by atoms with Gasteiger partial charge in [-0.1, -0.05) is 12.1 Å². The van der Waals surface area contributed by atoms with E-state index in [0.717, 1.165) is 37.7 Å². The average Bonchev–Trinajstić information content (AvgIpc) is 3.36. The largest absolute Gasteiger partial charge is 0.493 e. The Hall–Kier alpha value is -2.05. The van der Waals surface area contributed by atoms with Gasteiger partial charge in [-0.25, -0.2) is 8.42 Å². The number of hydrogen-bond donors (Lipinski definition) is 0. The van der Waals surface area contributed by atoms with Crippen molar-refractivity contribution in [3.63, 3.8) is 0 Å². The van der Waals surface area contributed by atoms with Crippen LogP contribution in [0.5, 0.6) is 11.5 Å². The molecule has 1 unspecified atom stereocenters. The molecule has 0 aromatic heterocycles. The maximum absolute atomic E-state index is 13.4. The Morgan fingerprint density at radius 1 is 0.926 bits per heavy atom. The van der Waals surface area contributed by atoms with E-state index >= 15 is 0 Å². The van der Waals surface area contributed by atoms with Gasteiger partial charge in [-0.3, -0.25) is 0 Å². The molecule has 0 N–H and O–H groups in total. The monoisotopic (exact) mass is 387 g/mol. The van der Waals surface area contributed by atoms with Crippen molar-refractivity contribution in [3.8, 4) is 11.5 Å². The van der Waals surface area contributed by atoms with E-state index in [1.54, 1.807) is 24.6 Å². The lowest BCUT2D eigenvalue weighted by molar-refractivity contribution is 0.351. The summed E-state index contributed by atoms with van der Waals surface area (Å²) in [6, 6.07) is 11.1. The number of hydrogen-bond acceptors (Lipinski definition) is 4. The molecule has 2 aromatic rings. The molecule has 0 bridgehead atoms. The summed E-state index contributed by atoms with van der Waals surface area (Å²) in [5, 5.41) is 0. The molecular formula is C21H25NO4S. The lowest BCUT2D eigenvalue weighted by atomic mass is 10.0. The highest BCUT2D eigenvalue weighted by atomic mass is 32.2. The highest BCUT2D eigenvalue weighted by Gasteiger charge is 2.37. The summed E-state index contributed by atoms with van der Waals surface area (Å²) in [6.45, 7) is 0.540. The van der Waals surface area contributed by atoms with E-state index in [2.05, 4.69) is 0 Å². The van der Waals surface area contributed by atoms with Gasteiger partial charge in [0.2, 0.25) is 10.0 Å². The molecule has 1 heterocycles. The van der Waals surface area contributed by atoms with Crippen LogP contribution < -0.4 is 9.47 Å². The summed E-state index contributed by atoms with van der Waals surface area (Å²) in [5.41, 5.74) is 3.40. The molecule has 2 aliphatic rings. The van der Waals surface area contributed by atoms with Gasteiger partial charge in [0.05, 0.1) is 25.2 Å². The summed E-state index contributed by atoms with van der Waals surface area (Å²) in [6.07, 6.45) is 4.78. The number of ether oxygens (including phenoxy) is 2. The fourth-order valence-corrected chi connectivity index (χ4v) is 6.00. The summed E-state index contributed by atoms with van der Waals surface area (Å²) in [7, 11) is -0.344.